The van der Waals surface area contributed by atoms with Crippen molar-refractivity contribution in [2.75, 3.05) is 14.2 Å². The number of fused-ring (bicyclic) bond motifs is 1. The van der Waals surface area contributed by atoms with E-state index in [0.717, 1.165) is 16.0 Å². The lowest BCUT2D eigenvalue weighted by Crippen LogP contribution is -2.21. The fourth-order valence-electron chi connectivity index (χ4n) is 2.57. The van der Waals surface area contributed by atoms with Gasteiger partial charge in [-0.3, -0.25) is 9.36 Å². The Morgan fingerprint density at radius 1 is 1.33 bits per heavy atom. The second-order valence-electron chi connectivity index (χ2n) is 5.06. The van der Waals surface area contributed by atoms with Crippen LogP contribution in [0.2, 0.25) is 0 Å². The zero-order valence-corrected chi connectivity index (χ0v) is 14.9. The van der Waals surface area contributed by atoms with Gasteiger partial charge in [-0.1, -0.05) is 12.1 Å². The number of thiophene rings is 1. The van der Waals surface area contributed by atoms with Crippen molar-refractivity contribution in [3.8, 4) is 22.6 Å². The number of benzene rings is 1. The van der Waals surface area contributed by atoms with Gasteiger partial charge in [-0.25, -0.2) is 0 Å². The third kappa shape index (κ3) is 2.65. The van der Waals surface area contributed by atoms with Gasteiger partial charge in [-0.15, -0.1) is 17.9 Å². The average molecular weight is 360 g/mol. The second kappa shape index (κ2) is 6.62. The maximum Gasteiger partial charge on any atom is 0.263 e. The number of methoxy groups -OCH3 is 2. The zero-order valence-electron chi connectivity index (χ0n) is 13.3. The minimum absolute atomic E-state index is 0.125. The summed E-state index contributed by atoms with van der Waals surface area (Å²) in [6.45, 7) is 4.05. The highest BCUT2D eigenvalue weighted by atomic mass is 32.1. The van der Waals surface area contributed by atoms with E-state index in [1.807, 2.05) is 23.6 Å². The summed E-state index contributed by atoms with van der Waals surface area (Å²) in [6, 6.07) is 5.59. The molecule has 0 unspecified atom stereocenters. The van der Waals surface area contributed by atoms with Crippen LogP contribution in [0.3, 0.4) is 0 Å². The molecule has 24 heavy (non-hydrogen) atoms. The van der Waals surface area contributed by atoms with Crippen LogP contribution in [-0.4, -0.2) is 23.8 Å². The maximum atomic E-state index is 12.9. The lowest BCUT2D eigenvalue weighted by atomic mass is 10.1. The number of nitrogens with one attached hydrogen (secondary N) is 1. The normalized spacial score (nSPS) is 10.8. The van der Waals surface area contributed by atoms with Gasteiger partial charge in [0.1, 0.15) is 4.83 Å². The van der Waals surface area contributed by atoms with Crippen LogP contribution in [0.5, 0.6) is 11.5 Å². The van der Waals surface area contributed by atoms with Crippen molar-refractivity contribution in [3.63, 3.8) is 0 Å². The molecule has 0 bridgehead atoms. The number of H-pyrrole nitrogens is 1. The number of aromatic amines is 1. The van der Waals surface area contributed by atoms with Crippen molar-refractivity contribution in [2.24, 2.45) is 0 Å². The van der Waals surface area contributed by atoms with Crippen LogP contribution >= 0.6 is 23.6 Å². The molecule has 0 amide bonds. The molecular formula is C17H16N2O3S2. The molecule has 7 heteroatoms. The van der Waals surface area contributed by atoms with Gasteiger partial charge in [0.05, 0.1) is 19.6 Å². The molecule has 3 rings (SSSR count). The molecule has 1 aromatic carbocycles. The van der Waals surface area contributed by atoms with Crippen LogP contribution in [0.1, 0.15) is 0 Å². The van der Waals surface area contributed by atoms with Gasteiger partial charge in [0, 0.05) is 17.5 Å². The summed E-state index contributed by atoms with van der Waals surface area (Å²) in [4.78, 5) is 16.7. The summed E-state index contributed by atoms with van der Waals surface area (Å²) in [5.41, 5.74) is 1.59. The fraction of sp³-hybridized carbons (Fsp3) is 0.176. The summed E-state index contributed by atoms with van der Waals surface area (Å²) in [7, 11) is 3.17. The number of hydrogen-bond donors (Lipinski definition) is 1. The van der Waals surface area contributed by atoms with Crippen LogP contribution in [0.4, 0.5) is 0 Å². The first kappa shape index (κ1) is 16.5. The Hall–Kier alpha value is -2.38. The van der Waals surface area contributed by atoms with Crippen molar-refractivity contribution in [2.45, 2.75) is 6.54 Å². The van der Waals surface area contributed by atoms with E-state index in [9.17, 15) is 4.79 Å². The highest BCUT2D eigenvalue weighted by Gasteiger charge is 2.15. The SMILES string of the molecule is C=CCn1c(=S)[nH]c2scc(-c3ccc(OC)c(OC)c3)c2c1=O. The molecule has 2 heterocycles. The standard InChI is InChI=1S/C17H16N2O3S2/c1-4-7-19-16(20)14-11(9-24-15(14)18-17(19)23)10-5-6-12(21-2)13(8-10)22-3/h4-6,8-9H,1,7H2,2-3H3,(H,18,23). The van der Waals surface area contributed by atoms with Gasteiger partial charge in [-0.2, -0.15) is 0 Å². The van der Waals surface area contributed by atoms with Gasteiger partial charge in [0.2, 0.25) is 0 Å². The van der Waals surface area contributed by atoms with Gasteiger partial charge in [0.25, 0.3) is 5.56 Å². The van der Waals surface area contributed by atoms with Crippen LogP contribution in [0.15, 0.2) is 41.0 Å². The summed E-state index contributed by atoms with van der Waals surface area (Å²) in [5.74, 6) is 1.26. The Bertz CT molecular complexity index is 1030. The van der Waals surface area contributed by atoms with Crippen LogP contribution in [0, 0.1) is 4.77 Å². The number of hydrogen-bond acceptors (Lipinski definition) is 5. The first-order valence-electron chi connectivity index (χ1n) is 7.18. The van der Waals surface area contributed by atoms with E-state index in [2.05, 4.69) is 11.6 Å². The summed E-state index contributed by atoms with van der Waals surface area (Å²) < 4.78 is 12.5. The minimum atomic E-state index is -0.125. The van der Waals surface area contributed by atoms with Gasteiger partial charge < -0.3 is 14.5 Å². The monoisotopic (exact) mass is 360 g/mol. The lowest BCUT2D eigenvalue weighted by Gasteiger charge is -2.09. The van der Waals surface area contributed by atoms with E-state index in [4.69, 9.17) is 21.7 Å². The highest BCUT2D eigenvalue weighted by Crippen LogP contribution is 2.36. The lowest BCUT2D eigenvalue weighted by molar-refractivity contribution is 0.355. The average Bonchev–Trinajstić information content (AvgIpc) is 3.01. The molecule has 5 nitrogen and oxygen atoms in total. The van der Waals surface area contributed by atoms with Crippen LogP contribution in [-0.2, 0) is 6.54 Å². The molecule has 0 saturated heterocycles. The predicted molar refractivity (Wildman–Crippen MR) is 100 cm³/mol. The molecule has 0 aliphatic carbocycles. The van der Waals surface area contributed by atoms with E-state index in [1.54, 1.807) is 20.3 Å². The van der Waals surface area contributed by atoms with Crippen molar-refractivity contribution >= 4 is 33.8 Å². The third-order valence-corrected chi connectivity index (χ3v) is 4.94. The first-order valence-corrected chi connectivity index (χ1v) is 8.47. The van der Waals surface area contributed by atoms with Crippen molar-refractivity contribution in [1.82, 2.24) is 9.55 Å². The molecule has 0 aliphatic heterocycles. The van der Waals surface area contributed by atoms with Gasteiger partial charge in [0.15, 0.2) is 16.3 Å². The van der Waals surface area contributed by atoms with Crippen LogP contribution in [0.25, 0.3) is 21.3 Å². The quantitative estimate of drug-likeness (QED) is 0.552. The van der Waals surface area contributed by atoms with Gasteiger partial charge in [-0.05, 0) is 29.9 Å². The molecule has 0 radical (unpaired) electrons. The van der Waals surface area contributed by atoms with Crippen LogP contribution < -0.4 is 15.0 Å². The van der Waals surface area contributed by atoms with E-state index in [1.165, 1.54) is 15.9 Å². The van der Waals surface area contributed by atoms with Gasteiger partial charge >= 0.3 is 0 Å². The smallest absolute Gasteiger partial charge is 0.263 e. The maximum absolute atomic E-state index is 12.9. The highest BCUT2D eigenvalue weighted by molar-refractivity contribution is 7.71. The Kier molecular flexibility index (Phi) is 4.55. The number of aromatic nitrogens is 2. The molecule has 1 N–H and O–H groups in total. The second-order valence-corrected chi connectivity index (χ2v) is 6.32. The molecule has 0 saturated carbocycles. The summed E-state index contributed by atoms with van der Waals surface area (Å²) >= 11 is 6.71. The van der Waals surface area contributed by atoms with Crippen molar-refractivity contribution in [1.29, 1.82) is 0 Å². The zero-order chi connectivity index (χ0) is 17.3. The largest absolute Gasteiger partial charge is 0.493 e. The molecule has 0 spiro atoms. The molecule has 124 valence electrons. The number of allylic oxidation sites excluding steroid dienone is 1. The molecule has 3 aromatic rings. The molecule has 0 fully saturated rings. The van der Waals surface area contributed by atoms with E-state index < -0.39 is 0 Å². The molecular weight excluding hydrogens is 344 g/mol. The van der Waals surface area contributed by atoms with E-state index in [-0.39, 0.29) is 5.56 Å². The Morgan fingerprint density at radius 2 is 2.08 bits per heavy atom. The van der Waals surface area contributed by atoms with Crippen molar-refractivity contribution < 1.29 is 9.47 Å². The molecule has 2 aromatic heterocycles. The molecule has 0 aliphatic rings. The third-order valence-electron chi connectivity index (χ3n) is 3.72. The fourth-order valence-corrected chi connectivity index (χ4v) is 3.85. The number of ether oxygens (including phenoxy) is 2. The Labute approximate surface area is 147 Å². The topological polar surface area (TPSA) is 56.2 Å². The Balaban J connectivity index is 2.28. The predicted octanol–water partition coefficient (Wildman–Crippen LogP) is 3.99. The van der Waals surface area contributed by atoms with E-state index >= 15 is 0 Å². The van der Waals surface area contributed by atoms with E-state index in [0.29, 0.717) is 28.2 Å². The summed E-state index contributed by atoms with van der Waals surface area (Å²) in [5, 5.41) is 2.55. The molecule has 0 atom stereocenters. The van der Waals surface area contributed by atoms with Crippen molar-refractivity contribution in [3.05, 3.63) is 51.4 Å². The minimum Gasteiger partial charge on any atom is -0.493 e. The first-order chi connectivity index (χ1) is 11.6. The Morgan fingerprint density at radius 3 is 2.75 bits per heavy atom. The number of nitrogens with zero attached hydrogens (tertiary/aromatic N) is 1. The summed E-state index contributed by atoms with van der Waals surface area (Å²) in [6.07, 6.45) is 1.65. The number of rotatable bonds is 5.